The summed E-state index contributed by atoms with van der Waals surface area (Å²) in [6.07, 6.45) is 6.89. The number of urea groups is 1. The number of aliphatic hydroxyl groups excluding tert-OH is 1. The predicted molar refractivity (Wildman–Crippen MR) is 86.1 cm³/mol. The predicted octanol–water partition coefficient (Wildman–Crippen LogP) is 1.68. The van der Waals surface area contributed by atoms with Gasteiger partial charge in [-0.05, 0) is 31.0 Å². The number of nitrogens with zero attached hydrogens (tertiary/aromatic N) is 4. The van der Waals surface area contributed by atoms with E-state index in [2.05, 4.69) is 15.4 Å². The van der Waals surface area contributed by atoms with Gasteiger partial charge in [-0.2, -0.15) is 5.10 Å². The summed E-state index contributed by atoms with van der Waals surface area (Å²) < 4.78 is 1.86. The van der Waals surface area contributed by atoms with Crippen molar-refractivity contribution in [2.24, 2.45) is 0 Å². The third-order valence-corrected chi connectivity index (χ3v) is 4.19. The number of anilines is 1. The molecule has 0 aromatic carbocycles. The highest BCUT2D eigenvalue weighted by Gasteiger charge is 2.25. The van der Waals surface area contributed by atoms with Gasteiger partial charge in [-0.25, -0.2) is 4.79 Å². The zero-order valence-electron chi connectivity index (χ0n) is 12.9. The van der Waals surface area contributed by atoms with Gasteiger partial charge in [0.05, 0.1) is 13.2 Å². The Balaban J connectivity index is 1.56. The lowest BCUT2D eigenvalue weighted by Crippen LogP contribution is -2.40. The van der Waals surface area contributed by atoms with E-state index in [0.717, 1.165) is 24.2 Å². The van der Waals surface area contributed by atoms with Crippen LogP contribution < -0.4 is 5.32 Å². The second-order valence-corrected chi connectivity index (χ2v) is 5.63. The number of aliphatic hydroxyl groups is 1. The van der Waals surface area contributed by atoms with E-state index in [1.165, 1.54) is 0 Å². The monoisotopic (exact) mass is 315 g/mol. The Bertz CT molecular complexity index is 635. The first-order chi connectivity index (χ1) is 11.3. The quantitative estimate of drug-likeness (QED) is 0.899. The fraction of sp³-hybridized carbons (Fsp3) is 0.438. The van der Waals surface area contributed by atoms with Gasteiger partial charge in [0.2, 0.25) is 0 Å². The van der Waals surface area contributed by atoms with Crippen molar-refractivity contribution in [1.82, 2.24) is 19.7 Å². The number of pyridine rings is 1. The molecule has 3 rings (SSSR count). The van der Waals surface area contributed by atoms with E-state index < -0.39 is 0 Å². The number of amides is 2. The van der Waals surface area contributed by atoms with Crippen LogP contribution in [0, 0.1) is 0 Å². The third-order valence-electron chi connectivity index (χ3n) is 4.19. The number of aromatic nitrogens is 3. The topological polar surface area (TPSA) is 83.3 Å². The van der Waals surface area contributed by atoms with Crippen molar-refractivity contribution < 1.29 is 9.90 Å². The molecule has 0 atom stereocenters. The molecule has 3 heterocycles. The fourth-order valence-corrected chi connectivity index (χ4v) is 2.99. The summed E-state index contributed by atoms with van der Waals surface area (Å²) in [5.41, 5.74) is 1.90. The van der Waals surface area contributed by atoms with E-state index in [1.54, 1.807) is 30.7 Å². The summed E-state index contributed by atoms with van der Waals surface area (Å²) in [6.45, 7) is 2.03. The largest absolute Gasteiger partial charge is 0.394 e. The van der Waals surface area contributed by atoms with Crippen LogP contribution in [0.15, 0.2) is 36.8 Å². The highest BCUT2D eigenvalue weighted by atomic mass is 16.3. The van der Waals surface area contributed by atoms with Crippen LogP contribution in [0.25, 0.3) is 0 Å². The maximum Gasteiger partial charge on any atom is 0.321 e. The fourth-order valence-electron chi connectivity index (χ4n) is 2.99. The molecule has 0 spiro atoms. The minimum atomic E-state index is -0.0708. The summed E-state index contributed by atoms with van der Waals surface area (Å²) in [5.74, 6) is 0.383. The Labute approximate surface area is 134 Å². The minimum absolute atomic E-state index is 0.0708. The van der Waals surface area contributed by atoms with Crippen molar-refractivity contribution in [3.8, 4) is 0 Å². The van der Waals surface area contributed by atoms with Crippen molar-refractivity contribution in [1.29, 1.82) is 0 Å². The lowest BCUT2D eigenvalue weighted by atomic mass is 9.93. The van der Waals surface area contributed by atoms with Gasteiger partial charge in [-0.1, -0.05) is 0 Å². The molecule has 7 nitrogen and oxygen atoms in total. The summed E-state index contributed by atoms with van der Waals surface area (Å²) >= 11 is 0. The van der Waals surface area contributed by atoms with E-state index in [-0.39, 0.29) is 12.6 Å². The molecule has 1 aliphatic rings. The maximum absolute atomic E-state index is 12.3. The molecule has 2 aromatic heterocycles. The number of piperidine rings is 1. The molecule has 2 aromatic rings. The summed E-state index contributed by atoms with van der Waals surface area (Å²) in [4.78, 5) is 18.0. The molecule has 23 heavy (non-hydrogen) atoms. The van der Waals surface area contributed by atoms with Crippen molar-refractivity contribution in [2.45, 2.75) is 25.3 Å². The molecular formula is C16H21N5O2. The summed E-state index contributed by atoms with van der Waals surface area (Å²) in [5, 5.41) is 16.2. The second-order valence-electron chi connectivity index (χ2n) is 5.63. The van der Waals surface area contributed by atoms with Crippen molar-refractivity contribution in [3.05, 3.63) is 42.5 Å². The van der Waals surface area contributed by atoms with E-state index in [9.17, 15) is 4.79 Å². The zero-order valence-corrected chi connectivity index (χ0v) is 12.9. The van der Waals surface area contributed by atoms with Crippen LogP contribution in [0.5, 0.6) is 0 Å². The molecule has 1 aliphatic heterocycles. The molecule has 0 aliphatic carbocycles. The first-order valence-corrected chi connectivity index (χ1v) is 7.86. The Kier molecular flexibility index (Phi) is 4.87. The van der Waals surface area contributed by atoms with Crippen LogP contribution >= 0.6 is 0 Å². The number of hydrogen-bond donors (Lipinski definition) is 2. The molecule has 0 bridgehead atoms. The summed E-state index contributed by atoms with van der Waals surface area (Å²) in [7, 11) is 0. The van der Waals surface area contributed by atoms with Gasteiger partial charge >= 0.3 is 6.03 Å². The van der Waals surface area contributed by atoms with Crippen LogP contribution in [-0.2, 0) is 6.54 Å². The van der Waals surface area contributed by atoms with Crippen LogP contribution in [0.2, 0.25) is 0 Å². The van der Waals surface area contributed by atoms with Gasteiger partial charge in [0.25, 0.3) is 0 Å². The number of likely N-dealkylation sites (tertiary alicyclic amines) is 1. The van der Waals surface area contributed by atoms with Crippen molar-refractivity contribution in [3.63, 3.8) is 0 Å². The number of carbonyl (C=O) groups is 1. The van der Waals surface area contributed by atoms with Gasteiger partial charge < -0.3 is 15.3 Å². The molecule has 122 valence electrons. The number of rotatable bonds is 4. The third kappa shape index (κ3) is 3.68. The minimum Gasteiger partial charge on any atom is -0.394 e. The lowest BCUT2D eigenvalue weighted by Gasteiger charge is -2.32. The van der Waals surface area contributed by atoms with Gasteiger partial charge in [0.1, 0.15) is 0 Å². The molecule has 2 amide bonds. The van der Waals surface area contributed by atoms with Gasteiger partial charge in [0.15, 0.2) is 0 Å². The van der Waals surface area contributed by atoms with Gasteiger partial charge in [-0.15, -0.1) is 0 Å². The van der Waals surface area contributed by atoms with Crippen molar-refractivity contribution >= 4 is 11.7 Å². The van der Waals surface area contributed by atoms with Crippen LogP contribution in [0.3, 0.4) is 0 Å². The summed E-state index contributed by atoms with van der Waals surface area (Å²) in [6, 6.07) is 5.49. The average Bonchev–Trinajstić information content (AvgIpc) is 3.04. The normalized spacial score (nSPS) is 15.6. The molecule has 1 saturated heterocycles. The SMILES string of the molecule is O=C(Nc1ccncc1)N1CCC(c2ccnn2CCO)CC1. The first kappa shape index (κ1) is 15.5. The molecule has 7 heteroatoms. The lowest BCUT2D eigenvalue weighted by molar-refractivity contribution is 0.192. The number of nitrogens with one attached hydrogen (secondary N) is 1. The Morgan fingerprint density at radius 2 is 1.96 bits per heavy atom. The second kappa shape index (κ2) is 7.23. The van der Waals surface area contributed by atoms with E-state index in [4.69, 9.17) is 5.11 Å². The maximum atomic E-state index is 12.3. The van der Waals surface area contributed by atoms with Gasteiger partial charge in [0, 0.05) is 49.0 Å². The highest BCUT2D eigenvalue weighted by molar-refractivity contribution is 5.89. The average molecular weight is 315 g/mol. The first-order valence-electron chi connectivity index (χ1n) is 7.86. The Morgan fingerprint density at radius 1 is 1.22 bits per heavy atom. The van der Waals surface area contributed by atoms with E-state index in [1.807, 2.05) is 15.6 Å². The zero-order chi connectivity index (χ0) is 16.1. The molecule has 1 fully saturated rings. The van der Waals surface area contributed by atoms with Crippen LogP contribution in [0.4, 0.5) is 10.5 Å². The molecular weight excluding hydrogens is 294 g/mol. The Hall–Kier alpha value is -2.41. The number of hydrogen-bond acceptors (Lipinski definition) is 4. The van der Waals surface area contributed by atoms with E-state index in [0.29, 0.717) is 25.6 Å². The highest BCUT2D eigenvalue weighted by Crippen LogP contribution is 2.28. The molecule has 0 unspecified atom stereocenters. The Morgan fingerprint density at radius 3 is 2.65 bits per heavy atom. The van der Waals surface area contributed by atoms with E-state index >= 15 is 0 Å². The smallest absolute Gasteiger partial charge is 0.321 e. The van der Waals surface area contributed by atoms with Gasteiger partial charge in [-0.3, -0.25) is 9.67 Å². The molecule has 2 N–H and O–H groups in total. The molecule has 0 radical (unpaired) electrons. The standard InChI is InChI=1S/C16H21N5O2/c22-12-11-21-15(3-8-18-21)13-4-9-20(10-5-13)16(23)19-14-1-6-17-7-2-14/h1-3,6-8,13,22H,4-5,9-12H2,(H,17,19,23). The molecule has 0 saturated carbocycles. The number of carbonyl (C=O) groups excluding carboxylic acids is 1. The van der Waals surface area contributed by atoms with Crippen molar-refractivity contribution in [2.75, 3.05) is 25.0 Å². The van der Waals surface area contributed by atoms with Crippen LogP contribution in [0.1, 0.15) is 24.5 Å². The van der Waals surface area contributed by atoms with Crippen LogP contribution in [-0.4, -0.2) is 50.5 Å².